The summed E-state index contributed by atoms with van der Waals surface area (Å²) >= 11 is 0. The van der Waals surface area contributed by atoms with Crippen molar-refractivity contribution in [1.82, 2.24) is 25.0 Å². The number of hydrogen-bond donors (Lipinski definition) is 5. The normalized spacial score (nSPS) is 10.5. The highest BCUT2D eigenvalue weighted by Gasteiger charge is 2.06. The van der Waals surface area contributed by atoms with E-state index in [0.717, 1.165) is 30.6 Å². The van der Waals surface area contributed by atoms with E-state index in [-0.39, 0.29) is 23.9 Å². The van der Waals surface area contributed by atoms with E-state index in [2.05, 4.69) is 20.6 Å². The molecule has 2 heterocycles. The molecule has 0 unspecified atom stereocenters. The van der Waals surface area contributed by atoms with Crippen molar-refractivity contribution in [3.63, 3.8) is 0 Å². The Morgan fingerprint density at radius 1 is 1.27 bits per heavy atom. The summed E-state index contributed by atoms with van der Waals surface area (Å²) in [6.45, 7) is 2.26. The molecule has 9 heteroatoms. The van der Waals surface area contributed by atoms with Gasteiger partial charge in [-0.1, -0.05) is 24.3 Å². The number of nitrogens with two attached hydrogens (primary N) is 1. The van der Waals surface area contributed by atoms with E-state index in [4.69, 9.17) is 11.1 Å². The van der Waals surface area contributed by atoms with Crippen molar-refractivity contribution in [2.75, 3.05) is 13.1 Å². The smallest absolute Gasteiger partial charge is 0.260 e. The largest absolute Gasteiger partial charge is 0.370 e. The van der Waals surface area contributed by atoms with Crippen LogP contribution in [0.25, 0.3) is 16.9 Å². The van der Waals surface area contributed by atoms with Crippen molar-refractivity contribution in [3.8, 4) is 11.1 Å². The Morgan fingerprint density at radius 3 is 2.77 bits per heavy atom. The Kier molecular flexibility index (Phi) is 6.76. The van der Waals surface area contributed by atoms with Crippen LogP contribution in [0.15, 0.2) is 47.7 Å². The predicted octanol–water partition coefficient (Wildman–Crippen LogP) is 1.07. The molecule has 26 heavy (non-hydrogen) atoms. The molecule has 6 N–H and O–H groups in total. The van der Waals surface area contributed by atoms with Gasteiger partial charge in [-0.05, 0) is 24.1 Å². The molecule has 3 rings (SSSR count). The number of benzene rings is 1. The van der Waals surface area contributed by atoms with Gasteiger partial charge in [-0.3, -0.25) is 19.6 Å². The zero-order valence-corrected chi connectivity index (χ0v) is 15.0. The first-order valence-corrected chi connectivity index (χ1v) is 8.07. The first-order valence-electron chi connectivity index (χ1n) is 8.07. The Labute approximate surface area is 156 Å². The van der Waals surface area contributed by atoms with Crippen molar-refractivity contribution >= 4 is 24.1 Å². The van der Waals surface area contributed by atoms with Crippen molar-refractivity contribution < 1.29 is 0 Å². The van der Waals surface area contributed by atoms with Crippen LogP contribution in [0.2, 0.25) is 0 Å². The Morgan fingerprint density at radius 2 is 2.04 bits per heavy atom. The zero-order chi connectivity index (χ0) is 17.6. The summed E-state index contributed by atoms with van der Waals surface area (Å²) in [6.07, 6.45) is 6.12. The number of nitrogens with zero attached hydrogens (tertiary/aromatic N) is 2. The van der Waals surface area contributed by atoms with Gasteiger partial charge in [-0.2, -0.15) is 0 Å². The summed E-state index contributed by atoms with van der Waals surface area (Å²) in [5.74, 6) is 0.535. The van der Waals surface area contributed by atoms with Gasteiger partial charge in [-0.15, -0.1) is 12.4 Å². The van der Waals surface area contributed by atoms with Gasteiger partial charge in [-0.25, -0.2) is 4.98 Å². The highest BCUT2D eigenvalue weighted by atomic mass is 35.5. The van der Waals surface area contributed by atoms with Crippen LogP contribution >= 0.6 is 12.4 Å². The average Bonchev–Trinajstić information content (AvgIpc) is 3.05. The number of halogens is 1. The molecule has 3 aromatic rings. The zero-order valence-electron chi connectivity index (χ0n) is 14.2. The van der Waals surface area contributed by atoms with Crippen LogP contribution < -0.4 is 21.9 Å². The molecule has 0 radical (unpaired) electrons. The van der Waals surface area contributed by atoms with E-state index in [1.54, 1.807) is 23.0 Å². The van der Waals surface area contributed by atoms with E-state index >= 15 is 0 Å². The standard InChI is InChI=1S/C17H21N7O.ClH/c18-16(19)21-7-1-6-20-10-12-2-4-13(5-3-12)14-11-24-9-8-22-17(24)23-15(14)25;/h2-5,8-9,11,20H,1,6-7,10H2,(H4,18,19,21)(H,22,23,25);1H. The predicted molar refractivity (Wildman–Crippen MR) is 105 cm³/mol. The number of nitrogens with one attached hydrogen (secondary N) is 4. The van der Waals surface area contributed by atoms with Crippen LogP contribution in [-0.4, -0.2) is 33.4 Å². The van der Waals surface area contributed by atoms with Crippen LogP contribution in [0.3, 0.4) is 0 Å². The van der Waals surface area contributed by atoms with Crippen molar-refractivity contribution in [3.05, 3.63) is 58.8 Å². The highest BCUT2D eigenvalue weighted by Crippen LogP contribution is 2.16. The second-order valence-electron chi connectivity index (χ2n) is 5.72. The average molecular weight is 376 g/mol. The van der Waals surface area contributed by atoms with Gasteiger partial charge in [0.2, 0.25) is 5.78 Å². The molecule has 0 saturated heterocycles. The monoisotopic (exact) mass is 375 g/mol. The maximum absolute atomic E-state index is 12.2. The molecule has 0 spiro atoms. The summed E-state index contributed by atoms with van der Waals surface area (Å²) in [6, 6.07) is 7.91. The lowest BCUT2D eigenvalue weighted by atomic mass is 10.1. The molecule has 1 aromatic carbocycles. The third kappa shape index (κ3) is 4.84. The van der Waals surface area contributed by atoms with E-state index in [1.807, 2.05) is 24.3 Å². The number of hydrogen-bond acceptors (Lipinski definition) is 4. The number of aromatic amines is 1. The second kappa shape index (κ2) is 9.02. The fourth-order valence-electron chi connectivity index (χ4n) is 2.56. The molecular weight excluding hydrogens is 354 g/mol. The number of aromatic nitrogens is 3. The minimum absolute atomic E-state index is 0. The van der Waals surface area contributed by atoms with Crippen LogP contribution in [0.4, 0.5) is 0 Å². The quantitative estimate of drug-likeness (QED) is 0.240. The molecule has 0 amide bonds. The summed E-state index contributed by atoms with van der Waals surface area (Å²) in [5, 5.41) is 13.2. The minimum atomic E-state index is -0.150. The minimum Gasteiger partial charge on any atom is -0.370 e. The van der Waals surface area contributed by atoms with Gasteiger partial charge < -0.3 is 16.4 Å². The van der Waals surface area contributed by atoms with Crippen LogP contribution in [0.5, 0.6) is 0 Å². The summed E-state index contributed by atoms with van der Waals surface area (Å²) in [4.78, 5) is 19.0. The van der Waals surface area contributed by atoms with Crippen molar-refractivity contribution in [2.24, 2.45) is 5.73 Å². The van der Waals surface area contributed by atoms with Crippen LogP contribution in [0.1, 0.15) is 12.0 Å². The summed E-state index contributed by atoms with van der Waals surface area (Å²) in [5.41, 5.74) is 7.69. The number of rotatable bonds is 7. The van der Waals surface area contributed by atoms with Gasteiger partial charge in [0.25, 0.3) is 5.56 Å². The van der Waals surface area contributed by atoms with Gasteiger partial charge in [0.1, 0.15) is 0 Å². The summed E-state index contributed by atoms with van der Waals surface area (Å²) < 4.78 is 1.79. The van der Waals surface area contributed by atoms with Gasteiger partial charge in [0.05, 0.1) is 5.56 Å². The highest BCUT2D eigenvalue weighted by molar-refractivity contribution is 5.85. The maximum atomic E-state index is 12.2. The topological polar surface area (TPSA) is 124 Å². The fourth-order valence-corrected chi connectivity index (χ4v) is 2.56. The Bertz CT molecular complexity index is 917. The van der Waals surface area contributed by atoms with Crippen LogP contribution in [0, 0.1) is 5.41 Å². The lowest BCUT2D eigenvalue weighted by Gasteiger charge is -2.07. The molecule has 0 aliphatic carbocycles. The SMILES string of the molecule is Cl.N=C(N)NCCCNCc1ccc(-c2cn3ccnc3[nH]c2=O)cc1. The summed E-state index contributed by atoms with van der Waals surface area (Å²) in [7, 11) is 0. The number of imidazole rings is 1. The molecule has 138 valence electrons. The third-order valence-corrected chi connectivity index (χ3v) is 3.85. The number of guanidine groups is 1. The number of H-pyrrole nitrogens is 1. The lowest BCUT2D eigenvalue weighted by Crippen LogP contribution is -2.32. The van der Waals surface area contributed by atoms with E-state index < -0.39 is 0 Å². The van der Waals surface area contributed by atoms with E-state index in [0.29, 0.717) is 17.9 Å². The molecule has 0 atom stereocenters. The molecule has 0 aliphatic rings. The first-order chi connectivity index (χ1) is 12.1. The van der Waals surface area contributed by atoms with Crippen molar-refractivity contribution in [1.29, 1.82) is 5.41 Å². The van der Waals surface area contributed by atoms with E-state index in [1.165, 1.54) is 0 Å². The molecular formula is C17H22ClN7O. The molecule has 0 fully saturated rings. The molecule has 0 aliphatic heterocycles. The Balaban J connectivity index is 0.00000243. The second-order valence-corrected chi connectivity index (χ2v) is 5.72. The number of fused-ring (bicyclic) bond motifs is 1. The van der Waals surface area contributed by atoms with Gasteiger partial charge in [0.15, 0.2) is 5.96 Å². The van der Waals surface area contributed by atoms with Gasteiger partial charge >= 0.3 is 0 Å². The van der Waals surface area contributed by atoms with E-state index in [9.17, 15) is 4.79 Å². The molecule has 0 bridgehead atoms. The fraction of sp³-hybridized carbons (Fsp3) is 0.235. The maximum Gasteiger partial charge on any atom is 0.260 e. The molecule has 2 aromatic heterocycles. The van der Waals surface area contributed by atoms with Gasteiger partial charge in [0, 0.05) is 31.7 Å². The van der Waals surface area contributed by atoms with Crippen LogP contribution in [-0.2, 0) is 6.54 Å². The molecule has 8 nitrogen and oxygen atoms in total. The Hall–Kier alpha value is -2.84. The van der Waals surface area contributed by atoms with Crippen molar-refractivity contribution in [2.45, 2.75) is 13.0 Å². The third-order valence-electron chi connectivity index (χ3n) is 3.85. The molecule has 0 saturated carbocycles. The lowest BCUT2D eigenvalue weighted by molar-refractivity contribution is 0.639. The first kappa shape index (κ1) is 19.5.